The second-order valence-corrected chi connectivity index (χ2v) is 10.4. The number of aromatic nitrogens is 2. The predicted octanol–water partition coefficient (Wildman–Crippen LogP) is 6.28. The normalized spacial score (nSPS) is 11.8. The highest BCUT2D eigenvalue weighted by Gasteiger charge is 2.26. The van der Waals surface area contributed by atoms with E-state index in [1.165, 1.54) is 29.9 Å². The van der Waals surface area contributed by atoms with Gasteiger partial charge in [-0.1, -0.05) is 76.6 Å². The molecule has 3 aromatic carbocycles. The molecule has 9 heteroatoms. The molecule has 0 aliphatic carbocycles. The Labute approximate surface area is 230 Å². The average Bonchev–Trinajstić information content (AvgIpc) is 3.39. The average molecular weight is 588 g/mol. The van der Waals surface area contributed by atoms with Crippen molar-refractivity contribution in [1.29, 1.82) is 0 Å². The maximum atomic E-state index is 13.5. The number of thiazole rings is 1. The number of carbonyl (C=O) groups is 2. The van der Waals surface area contributed by atoms with E-state index in [1.54, 1.807) is 18.2 Å². The van der Waals surface area contributed by atoms with Gasteiger partial charge in [0, 0.05) is 33.4 Å². The Morgan fingerprint density at radius 3 is 2.32 bits per heavy atom. The summed E-state index contributed by atoms with van der Waals surface area (Å²) in [7, 11) is 1.53. The number of carbonyl (C=O) groups excluding carboxylic acids is 2. The Kier molecular flexibility index (Phi) is 7.22. The fourth-order valence-electron chi connectivity index (χ4n) is 4.16. The van der Waals surface area contributed by atoms with Gasteiger partial charge in [0.25, 0.3) is 11.5 Å². The van der Waals surface area contributed by atoms with Gasteiger partial charge in [-0.2, -0.15) is 0 Å². The first-order valence-corrected chi connectivity index (χ1v) is 13.4. The summed E-state index contributed by atoms with van der Waals surface area (Å²) in [5.74, 6) is -1.30. The van der Waals surface area contributed by atoms with Crippen LogP contribution in [0.1, 0.15) is 17.4 Å². The first kappa shape index (κ1) is 25.6. The lowest BCUT2D eigenvalue weighted by Gasteiger charge is -2.18. The number of pyridine rings is 1. The molecular formula is C29H22BrN3O4S. The molecule has 190 valence electrons. The third kappa shape index (κ3) is 5.03. The van der Waals surface area contributed by atoms with E-state index < -0.39 is 18.0 Å². The zero-order valence-electron chi connectivity index (χ0n) is 20.5. The number of benzene rings is 3. The first-order chi connectivity index (χ1) is 18.3. The quantitative estimate of drug-likeness (QED) is 0.236. The maximum absolute atomic E-state index is 13.5. The number of esters is 1. The van der Waals surface area contributed by atoms with Crippen LogP contribution < -0.4 is 10.9 Å². The highest BCUT2D eigenvalue weighted by Crippen LogP contribution is 2.31. The van der Waals surface area contributed by atoms with E-state index >= 15 is 0 Å². The number of rotatable bonds is 6. The van der Waals surface area contributed by atoms with Gasteiger partial charge in [-0.05, 0) is 36.1 Å². The molecular weight excluding hydrogens is 566 g/mol. The van der Waals surface area contributed by atoms with Crippen molar-refractivity contribution in [2.75, 3.05) is 5.32 Å². The summed E-state index contributed by atoms with van der Waals surface area (Å²) in [6.45, 7) is 1.48. The molecule has 38 heavy (non-hydrogen) atoms. The van der Waals surface area contributed by atoms with Gasteiger partial charge in [0.2, 0.25) is 0 Å². The molecule has 0 saturated carbocycles. The molecule has 0 saturated heterocycles. The molecule has 0 bridgehead atoms. The van der Waals surface area contributed by atoms with Crippen LogP contribution in [-0.2, 0) is 16.6 Å². The molecule has 2 aromatic heterocycles. The molecule has 0 fully saturated rings. The van der Waals surface area contributed by atoms with Crippen molar-refractivity contribution in [2.45, 2.75) is 13.0 Å². The number of ether oxygens (including phenoxy) is 1. The smallest absolute Gasteiger partial charge is 0.356 e. The zero-order chi connectivity index (χ0) is 26.8. The lowest BCUT2D eigenvalue weighted by molar-refractivity contribution is -0.123. The second kappa shape index (κ2) is 10.7. The van der Waals surface area contributed by atoms with E-state index in [1.807, 2.05) is 66.0 Å². The first-order valence-electron chi connectivity index (χ1n) is 11.7. The number of hydrogen-bond acceptors (Lipinski definition) is 6. The third-order valence-electron chi connectivity index (χ3n) is 6.09. The minimum atomic E-state index is -1.13. The Balaban J connectivity index is 1.41. The Morgan fingerprint density at radius 2 is 1.61 bits per heavy atom. The van der Waals surface area contributed by atoms with Crippen LogP contribution in [0.4, 0.5) is 5.13 Å². The molecule has 1 unspecified atom stereocenters. The summed E-state index contributed by atoms with van der Waals surface area (Å²) < 4.78 is 7.82. The van der Waals surface area contributed by atoms with Crippen molar-refractivity contribution in [3.8, 4) is 22.4 Å². The Hall–Kier alpha value is -4.08. The summed E-state index contributed by atoms with van der Waals surface area (Å²) in [4.78, 5) is 43.9. The van der Waals surface area contributed by atoms with E-state index in [-0.39, 0.29) is 11.3 Å². The van der Waals surface area contributed by atoms with Crippen LogP contribution in [0.3, 0.4) is 0 Å². The highest BCUT2D eigenvalue weighted by molar-refractivity contribution is 9.10. The van der Waals surface area contributed by atoms with Crippen molar-refractivity contribution < 1.29 is 14.3 Å². The molecule has 7 nitrogen and oxygen atoms in total. The standard InChI is InChI=1S/C29H22BrN3O4S/c1-17(26(34)32-29-31-23(16-38-29)18-12-14-20(30)15-13-18)37-28(36)25-24(19-8-4-3-5-9-19)21-10-6-7-11-22(21)27(35)33(25)2/h3-17H,1-2H3,(H,31,32,34). The minimum absolute atomic E-state index is 0.0753. The molecule has 0 radical (unpaired) electrons. The summed E-state index contributed by atoms with van der Waals surface area (Å²) in [6, 6.07) is 24.1. The van der Waals surface area contributed by atoms with Gasteiger partial charge in [-0.25, -0.2) is 9.78 Å². The number of nitrogens with one attached hydrogen (secondary N) is 1. The van der Waals surface area contributed by atoms with Crippen molar-refractivity contribution in [3.63, 3.8) is 0 Å². The second-order valence-electron chi connectivity index (χ2n) is 8.58. The largest absolute Gasteiger partial charge is 0.448 e. The Bertz CT molecular complexity index is 1710. The summed E-state index contributed by atoms with van der Waals surface area (Å²) in [5.41, 5.74) is 2.71. The lowest BCUT2D eigenvalue weighted by atomic mass is 9.97. The molecule has 2 heterocycles. The Morgan fingerprint density at radius 1 is 0.947 bits per heavy atom. The predicted molar refractivity (Wildman–Crippen MR) is 153 cm³/mol. The fraction of sp³-hybridized carbons (Fsp3) is 0.103. The number of hydrogen-bond donors (Lipinski definition) is 1. The molecule has 1 N–H and O–H groups in total. The van der Waals surface area contributed by atoms with Crippen molar-refractivity contribution in [3.05, 3.63) is 105 Å². The summed E-state index contributed by atoms with van der Waals surface area (Å²) >= 11 is 4.69. The van der Waals surface area contributed by atoms with Crippen LogP contribution in [0.15, 0.2) is 93.5 Å². The van der Waals surface area contributed by atoms with Gasteiger partial charge in [0.05, 0.1) is 5.69 Å². The van der Waals surface area contributed by atoms with E-state index in [0.717, 1.165) is 21.3 Å². The molecule has 5 aromatic rings. The van der Waals surface area contributed by atoms with Crippen LogP contribution in [0.2, 0.25) is 0 Å². The van der Waals surface area contributed by atoms with Crippen molar-refractivity contribution in [2.24, 2.45) is 7.05 Å². The lowest BCUT2D eigenvalue weighted by Crippen LogP contribution is -2.32. The van der Waals surface area contributed by atoms with E-state index in [9.17, 15) is 14.4 Å². The number of fused-ring (bicyclic) bond motifs is 1. The van der Waals surface area contributed by atoms with E-state index in [4.69, 9.17) is 4.74 Å². The van der Waals surface area contributed by atoms with Gasteiger partial charge in [-0.15, -0.1) is 11.3 Å². The summed E-state index contributed by atoms with van der Waals surface area (Å²) in [6.07, 6.45) is -1.13. The van der Waals surface area contributed by atoms with Gasteiger partial charge in [-0.3, -0.25) is 14.9 Å². The maximum Gasteiger partial charge on any atom is 0.356 e. The number of halogens is 1. The van der Waals surface area contributed by atoms with Crippen molar-refractivity contribution >= 4 is 55.0 Å². The topological polar surface area (TPSA) is 90.3 Å². The van der Waals surface area contributed by atoms with Crippen LogP contribution in [-0.4, -0.2) is 27.5 Å². The van der Waals surface area contributed by atoms with Crippen LogP contribution >= 0.6 is 27.3 Å². The number of nitrogens with zero attached hydrogens (tertiary/aromatic N) is 2. The molecule has 0 aliphatic heterocycles. The molecule has 5 rings (SSSR count). The van der Waals surface area contributed by atoms with Crippen LogP contribution in [0.5, 0.6) is 0 Å². The number of anilines is 1. The molecule has 0 aliphatic rings. The van der Waals surface area contributed by atoms with Gasteiger partial charge in [0.15, 0.2) is 11.2 Å². The van der Waals surface area contributed by atoms with Crippen LogP contribution in [0.25, 0.3) is 33.2 Å². The van der Waals surface area contributed by atoms with Crippen molar-refractivity contribution in [1.82, 2.24) is 9.55 Å². The zero-order valence-corrected chi connectivity index (χ0v) is 22.9. The van der Waals surface area contributed by atoms with Gasteiger partial charge in [0.1, 0.15) is 5.69 Å². The summed E-state index contributed by atoms with van der Waals surface area (Å²) in [5, 5.41) is 6.06. The minimum Gasteiger partial charge on any atom is -0.448 e. The molecule has 1 amide bonds. The highest BCUT2D eigenvalue weighted by atomic mass is 79.9. The monoisotopic (exact) mass is 587 g/mol. The third-order valence-corrected chi connectivity index (χ3v) is 7.37. The van der Waals surface area contributed by atoms with Gasteiger partial charge >= 0.3 is 5.97 Å². The molecule has 1 atom stereocenters. The number of amides is 1. The van der Waals surface area contributed by atoms with E-state index in [0.29, 0.717) is 21.5 Å². The van der Waals surface area contributed by atoms with Crippen LogP contribution in [0, 0.1) is 0 Å². The molecule has 0 spiro atoms. The fourth-order valence-corrected chi connectivity index (χ4v) is 5.15. The van der Waals surface area contributed by atoms with Gasteiger partial charge < -0.3 is 9.30 Å². The SMILES string of the molecule is CC(OC(=O)c1c(-c2ccccc2)c2ccccc2c(=O)n1C)C(=O)Nc1nc(-c2ccc(Br)cc2)cs1. The van der Waals surface area contributed by atoms with E-state index in [2.05, 4.69) is 26.2 Å².